The minimum Gasteiger partial charge on any atom is -0.309 e. The van der Waals surface area contributed by atoms with Crippen molar-refractivity contribution in [2.24, 2.45) is 0 Å². The fourth-order valence-electron chi connectivity index (χ4n) is 4.20. The molecule has 28 heavy (non-hydrogen) atoms. The fraction of sp³-hybridized carbons (Fsp3) is 0. The van der Waals surface area contributed by atoms with E-state index in [0.717, 1.165) is 0 Å². The molecule has 0 aliphatic carbocycles. The average molecular weight is 375 g/mol. The molecule has 132 valence electrons. The van der Waals surface area contributed by atoms with Crippen LogP contribution in [0.25, 0.3) is 48.7 Å². The summed E-state index contributed by atoms with van der Waals surface area (Å²) in [5.74, 6) is 0. The van der Waals surface area contributed by atoms with Gasteiger partial charge in [-0.15, -0.1) is 11.3 Å². The zero-order chi connectivity index (χ0) is 18.5. The van der Waals surface area contributed by atoms with Gasteiger partial charge in [0.05, 0.1) is 11.0 Å². The smallest absolute Gasteiger partial charge is 0.0541 e. The van der Waals surface area contributed by atoms with Crippen LogP contribution in [0.15, 0.2) is 102 Å². The third-order valence-electron chi connectivity index (χ3n) is 5.48. The molecule has 0 aliphatic rings. The van der Waals surface area contributed by atoms with Gasteiger partial charge in [0.1, 0.15) is 0 Å². The van der Waals surface area contributed by atoms with Crippen LogP contribution in [-0.2, 0) is 0 Å². The van der Waals surface area contributed by atoms with Crippen LogP contribution < -0.4 is 0 Å². The Morgan fingerprint density at radius 3 is 2.18 bits per heavy atom. The molecule has 0 N–H and O–H groups in total. The van der Waals surface area contributed by atoms with Crippen molar-refractivity contribution in [3.8, 4) is 16.8 Å². The molecule has 0 atom stereocenters. The van der Waals surface area contributed by atoms with Crippen molar-refractivity contribution in [1.29, 1.82) is 0 Å². The number of aromatic nitrogens is 1. The van der Waals surface area contributed by atoms with Crippen LogP contribution in [0.2, 0.25) is 0 Å². The van der Waals surface area contributed by atoms with E-state index in [1.165, 1.54) is 48.7 Å². The summed E-state index contributed by atoms with van der Waals surface area (Å²) in [6.45, 7) is 0. The average Bonchev–Trinajstić information content (AvgIpc) is 3.33. The van der Waals surface area contributed by atoms with Crippen LogP contribution in [0.1, 0.15) is 0 Å². The SMILES string of the molecule is c1ccc(-n2c3ccccc3c3cc(-c4csc5ccccc45)ccc32)cc1. The number of rotatable bonds is 2. The van der Waals surface area contributed by atoms with Gasteiger partial charge in [-0.05, 0) is 47.3 Å². The molecule has 6 rings (SSSR count). The number of fused-ring (bicyclic) bond motifs is 4. The third kappa shape index (κ3) is 2.25. The summed E-state index contributed by atoms with van der Waals surface area (Å²) >= 11 is 1.81. The Morgan fingerprint density at radius 1 is 0.571 bits per heavy atom. The molecule has 0 saturated carbocycles. The van der Waals surface area contributed by atoms with Gasteiger partial charge in [-0.3, -0.25) is 0 Å². The highest BCUT2D eigenvalue weighted by molar-refractivity contribution is 7.17. The van der Waals surface area contributed by atoms with E-state index in [1.807, 2.05) is 11.3 Å². The predicted molar refractivity (Wildman–Crippen MR) is 122 cm³/mol. The Kier molecular flexibility index (Phi) is 3.40. The Morgan fingerprint density at radius 2 is 1.29 bits per heavy atom. The first-order valence-electron chi connectivity index (χ1n) is 9.45. The van der Waals surface area contributed by atoms with Crippen molar-refractivity contribution >= 4 is 43.2 Å². The Labute approximate surface area is 167 Å². The molecular formula is C26H17NS. The molecule has 0 aliphatic heterocycles. The zero-order valence-corrected chi connectivity index (χ0v) is 16.0. The molecule has 2 heteroatoms. The molecular weight excluding hydrogens is 358 g/mol. The molecule has 0 bridgehead atoms. The molecule has 2 aromatic heterocycles. The highest BCUT2D eigenvalue weighted by Gasteiger charge is 2.14. The standard InChI is InChI=1S/C26H17NS/c1-2-8-19(9-3-1)27-24-12-6-4-10-20(24)22-16-18(14-15-25(22)27)23-17-28-26-13-7-5-11-21(23)26/h1-17H. The van der Waals surface area contributed by atoms with E-state index >= 15 is 0 Å². The Balaban J connectivity index is 1.68. The zero-order valence-electron chi connectivity index (χ0n) is 15.2. The van der Waals surface area contributed by atoms with Gasteiger partial charge >= 0.3 is 0 Å². The molecule has 6 aromatic rings. The van der Waals surface area contributed by atoms with Crippen LogP contribution in [-0.4, -0.2) is 4.57 Å². The van der Waals surface area contributed by atoms with Crippen LogP contribution >= 0.6 is 11.3 Å². The van der Waals surface area contributed by atoms with E-state index in [0.29, 0.717) is 0 Å². The van der Waals surface area contributed by atoms with Crippen molar-refractivity contribution in [2.75, 3.05) is 0 Å². The first-order valence-corrected chi connectivity index (χ1v) is 10.3. The van der Waals surface area contributed by atoms with E-state index in [2.05, 4.69) is 107 Å². The lowest BCUT2D eigenvalue weighted by molar-refractivity contribution is 1.18. The number of thiophene rings is 1. The van der Waals surface area contributed by atoms with Crippen LogP contribution in [0.4, 0.5) is 0 Å². The van der Waals surface area contributed by atoms with E-state index in [9.17, 15) is 0 Å². The molecule has 0 amide bonds. The lowest BCUT2D eigenvalue weighted by Gasteiger charge is -2.08. The summed E-state index contributed by atoms with van der Waals surface area (Å²) in [7, 11) is 0. The summed E-state index contributed by atoms with van der Waals surface area (Å²) in [4.78, 5) is 0. The maximum absolute atomic E-state index is 2.36. The number of benzene rings is 4. The largest absolute Gasteiger partial charge is 0.309 e. The number of hydrogen-bond acceptors (Lipinski definition) is 1. The number of hydrogen-bond donors (Lipinski definition) is 0. The van der Waals surface area contributed by atoms with Crippen molar-refractivity contribution in [3.05, 3.63) is 102 Å². The van der Waals surface area contributed by atoms with Crippen molar-refractivity contribution < 1.29 is 0 Å². The summed E-state index contributed by atoms with van der Waals surface area (Å²) in [5, 5.41) is 6.20. The molecule has 0 spiro atoms. The minimum atomic E-state index is 1.20. The van der Waals surface area contributed by atoms with Gasteiger partial charge in [-0.2, -0.15) is 0 Å². The lowest BCUT2D eigenvalue weighted by Crippen LogP contribution is -1.92. The van der Waals surface area contributed by atoms with Gasteiger partial charge in [0.15, 0.2) is 0 Å². The second kappa shape index (κ2) is 6.08. The summed E-state index contributed by atoms with van der Waals surface area (Å²) in [6.07, 6.45) is 0. The normalized spacial score (nSPS) is 11.6. The van der Waals surface area contributed by atoms with Crippen LogP contribution in [0.3, 0.4) is 0 Å². The Hall–Kier alpha value is -3.36. The minimum absolute atomic E-state index is 1.20. The molecule has 0 saturated heterocycles. The topological polar surface area (TPSA) is 4.93 Å². The summed E-state index contributed by atoms with van der Waals surface area (Å²) < 4.78 is 3.70. The first-order chi connectivity index (χ1) is 13.9. The molecule has 1 nitrogen and oxygen atoms in total. The second-order valence-corrected chi connectivity index (χ2v) is 7.98. The maximum atomic E-state index is 2.36. The van der Waals surface area contributed by atoms with Crippen molar-refractivity contribution in [1.82, 2.24) is 4.57 Å². The molecule has 0 unspecified atom stereocenters. The molecule has 0 radical (unpaired) electrons. The Bertz CT molecular complexity index is 1450. The van der Waals surface area contributed by atoms with E-state index in [4.69, 9.17) is 0 Å². The van der Waals surface area contributed by atoms with E-state index in [1.54, 1.807) is 0 Å². The van der Waals surface area contributed by atoms with Crippen LogP contribution in [0.5, 0.6) is 0 Å². The van der Waals surface area contributed by atoms with Gasteiger partial charge in [0, 0.05) is 32.1 Å². The number of nitrogens with zero attached hydrogens (tertiary/aromatic N) is 1. The number of para-hydroxylation sites is 2. The monoisotopic (exact) mass is 375 g/mol. The van der Waals surface area contributed by atoms with E-state index < -0.39 is 0 Å². The highest BCUT2D eigenvalue weighted by Crippen LogP contribution is 2.38. The van der Waals surface area contributed by atoms with Gasteiger partial charge in [0.2, 0.25) is 0 Å². The van der Waals surface area contributed by atoms with Gasteiger partial charge in [-0.25, -0.2) is 0 Å². The van der Waals surface area contributed by atoms with Gasteiger partial charge in [-0.1, -0.05) is 60.7 Å². The molecule has 0 fully saturated rings. The lowest BCUT2D eigenvalue weighted by atomic mass is 10.0. The first kappa shape index (κ1) is 15.7. The predicted octanol–water partition coefficient (Wildman–Crippen LogP) is 7.67. The maximum Gasteiger partial charge on any atom is 0.0541 e. The molecule has 4 aromatic carbocycles. The highest BCUT2D eigenvalue weighted by atomic mass is 32.1. The van der Waals surface area contributed by atoms with Crippen molar-refractivity contribution in [2.45, 2.75) is 0 Å². The van der Waals surface area contributed by atoms with Crippen molar-refractivity contribution in [3.63, 3.8) is 0 Å². The van der Waals surface area contributed by atoms with Gasteiger partial charge in [0.25, 0.3) is 0 Å². The van der Waals surface area contributed by atoms with Crippen LogP contribution in [0, 0.1) is 0 Å². The quantitative estimate of drug-likeness (QED) is 0.293. The molecule has 2 heterocycles. The van der Waals surface area contributed by atoms with Gasteiger partial charge < -0.3 is 4.57 Å². The summed E-state index contributed by atoms with van der Waals surface area (Å²) in [5.41, 5.74) is 6.29. The van der Waals surface area contributed by atoms with E-state index in [-0.39, 0.29) is 0 Å². The second-order valence-electron chi connectivity index (χ2n) is 7.07. The summed E-state index contributed by atoms with van der Waals surface area (Å²) in [6, 6.07) is 34.8. The fourth-order valence-corrected chi connectivity index (χ4v) is 5.17. The third-order valence-corrected chi connectivity index (χ3v) is 6.44.